The fraction of sp³-hybridized carbons (Fsp3) is 0.400. The summed E-state index contributed by atoms with van der Waals surface area (Å²) < 4.78 is 5.26. The van der Waals surface area contributed by atoms with Crippen LogP contribution in [-0.2, 0) is 16.1 Å². The SMILES string of the molecule is COc1ccccc1CNC(=O)C(=O)NC[C@@H](c1ccsc1)N1CCCC1. The molecule has 27 heavy (non-hydrogen) atoms. The van der Waals surface area contributed by atoms with Gasteiger partial charge < -0.3 is 15.4 Å². The zero-order valence-electron chi connectivity index (χ0n) is 15.4. The second kappa shape index (κ2) is 9.53. The number of likely N-dealkylation sites (tertiary alicyclic amines) is 1. The molecule has 0 radical (unpaired) electrons. The number of benzene rings is 1. The summed E-state index contributed by atoms with van der Waals surface area (Å²) in [4.78, 5) is 26.8. The highest BCUT2D eigenvalue weighted by molar-refractivity contribution is 7.08. The lowest BCUT2D eigenvalue weighted by molar-refractivity contribution is -0.139. The molecule has 1 atom stereocenters. The maximum atomic E-state index is 12.2. The van der Waals surface area contributed by atoms with Crippen molar-refractivity contribution in [2.75, 3.05) is 26.7 Å². The van der Waals surface area contributed by atoms with E-state index in [1.807, 2.05) is 29.6 Å². The van der Waals surface area contributed by atoms with E-state index in [1.165, 1.54) is 18.4 Å². The summed E-state index contributed by atoms with van der Waals surface area (Å²) in [7, 11) is 1.58. The molecule has 2 N–H and O–H groups in total. The van der Waals surface area contributed by atoms with Gasteiger partial charge in [0.15, 0.2) is 0 Å². The molecule has 144 valence electrons. The maximum Gasteiger partial charge on any atom is 0.309 e. The number of carbonyl (C=O) groups is 2. The number of carbonyl (C=O) groups excluding carboxylic acids is 2. The molecule has 1 fully saturated rings. The van der Waals surface area contributed by atoms with Gasteiger partial charge in [0.2, 0.25) is 0 Å². The lowest BCUT2D eigenvalue weighted by Crippen LogP contribution is -2.43. The van der Waals surface area contributed by atoms with Crippen LogP contribution in [0.2, 0.25) is 0 Å². The van der Waals surface area contributed by atoms with Gasteiger partial charge in [0.25, 0.3) is 0 Å². The molecule has 2 aromatic rings. The van der Waals surface area contributed by atoms with E-state index in [0.717, 1.165) is 18.7 Å². The van der Waals surface area contributed by atoms with Crippen molar-refractivity contribution in [1.82, 2.24) is 15.5 Å². The fourth-order valence-electron chi connectivity index (χ4n) is 3.35. The number of hydrogen-bond donors (Lipinski definition) is 2. The van der Waals surface area contributed by atoms with Crippen molar-refractivity contribution in [1.29, 1.82) is 0 Å². The summed E-state index contributed by atoms with van der Waals surface area (Å²) in [6.07, 6.45) is 2.35. The van der Waals surface area contributed by atoms with Crippen molar-refractivity contribution in [3.8, 4) is 5.75 Å². The molecule has 0 spiro atoms. The number of hydrogen-bond acceptors (Lipinski definition) is 5. The molecule has 2 amide bonds. The van der Waals surface area contributed by atoms with Crippen LogP contribution in [0.25, 0.3) is 0 Å². The molecule has 2 heterocycles. The first-order valence-corrected chi connectivity index (χ1v) is 10.1. The van der Waals surface area contributed by atoms with Gasteiger partial charge in [-0.1, -0.05) is 18.2 Å². The third kappa shape index (κ3) is 5.08. The van der Waals surface area contributed by atoms with E-state index in [1.54, 1.807) is 18.4 Å². The molecule has 0 unspecified atom stereocenters. The van der Waals surface area contributed by atoms with Gasteiger partial charge in [0.1, 0.15) is 5.75 Å². The van der Waals surface area contributed by atoms with Gasteiger partial charge in [-0.25, -0.2) is 0 Å². The van der Waals surface area contributed by atoms with E-state index < -0.39 is 11.8 Å². The standard InChI is InChI=1S/C20H25N3O3S/c1-26-18-7-3-2-6-15(18)12-21-19(24)20(25)22-13-17(16-8-11-27-14-16)23-9-4-5-10-23/h2-3,6-8,11,14,17H,4-5,9-10,12-13H2,1H3,(H,21,24)(H,22,25)/t17-/m0/s1. The molecule has 7 heteroatoms. The van der Waals surface area contributed by atoms with Gasteiger partial charge in [0.05, 0.1) is 13.2 Å². The monoisotopic (exact) mass is 387 g/mol. The molecular formula is C20H25N3O3S. The Bertz CT molecular complexity index is 758. The van der Waals surface area contributed by atoms with E-state index in [9.17, 15) is 9.59 Å². The Labute approximate surface area is 163 Å². The summed E-state index contributed by atoms with van der Waals surface area (Å²) in [5.41, 5.74) is 2.02. The predicted octanol–water partition coefficient (Wildman–Crippen LogP) is 2.33. The summed E-state index contributed by atoms with van der Waals surface area (Å²) in [5.74, 6) is -0.555. The lowest BCUT2D eigenvalue weighted by atomic mass is 10.1. The minimum atomic E-state index is -0.633. The molecule has 1 aromatic heterocycles. The summed E-state index contributed by atoms with van der Waals surface area (Å²) >= 11 is 1.65. The van der Waals surface area contributed by atoms with Crippen molar-refractivity contribution in [2.24, 2.45) is 0 Å². The van der Waals surface area contributed by atoms with Crippen LogP contribution >= 0.6 is 11.3 Å². The fourth-order valence-corrected chi connectivity index (χ4v) is 4.06. The van der Waals surface area contributed by atoms with Crippen LogP contribution in [0.4, 0.5) is 0 Å². The number of nitrogens with one attached hydrogen (secondary N) is 2. The van der Waals surface area contributed by atoms with Crippen molar-refractivity contribution >= 4 is 23.2 Å². The molecule has 0 aliphatic carbocycles. The highest BCUT2D eigenvalue weighted by atomic mass is 32.1. The molecule has 6 nitrogen and oxygen atoms in total. The van der Waals surface area contributed by atoms with Crippen molar-refractivity contribution < 1.29 is 14.3 Å². The second-order valence-corrected chi connectivity index (χ2v) is 7.30. The van der Waals surface area contributed by atoms with Crippen LogP contribution in [-0.4, -0.2) is 43.5 Å². The largest absolute Gasteiger partial charge is 0.496 e. The summed E-state index contributed by atoms with van der Waals surface area (Å²) in [5, 5.41) is 9.60. The van der Waals surface area contributed by atoms with Crippen molar-refractivity contribution in [3.63, 3.8) is 0 Å². The van der Waals surface area contributed by atoms with Crippen LogP contribution < -0.4 is 15.4 Å². The van der Waals surface area contributed by atoms with Gasteiger partial charge in [-0.15, -0.1) is 0 Å². The van der Waals surface area contributed by atoms with Gasteiger partial charge >= 0.3 is 11.8 Å². The Morgan fingerprint density at radius 1 is 1.15 bits per heavy atom. The van der Waals surface area contributed by atoms with Gasteiger partial charge in [-0.2, -0.15) is 11.3 Å². The molecule has 1 aromatic carbocycles. The average Bonchev–Trinajstić information content (AvgIpc) is 3.41. The number of methoxy groups -OCH3 is 1. The Kier molecular flexibility index (Phi) is 6.84. The summed E-state index contributed by atoms with van der Waals surface area (Å²) in [6, 6.07) is 9.61. The number of ether oxygens (including phenoxy) is 1. The Balaban J connectivity index is 1.53. The smallest absolute Gasteiger partial charge is 0.309 e. The van der Waals surface area contributed by atoms with Gasteiger partial charge in [-0.3, -0.25) is 14.5 Å². The van der Waals surface area contributed by atoms with Crippen LogP contribution in [0, 0.1) is 0 Å². The minimum Gasteiger partial charge on any atom is -0.496 e. The number of nitrogens with zero attached hydrogens (tertiary/aromatic N) is 1. The molecule has 1 saturated heterocycles. The van der Waals surface area contributed by atoms with Gasteiger partial charge in [0, 0.05) is 18.7 Å². The highest BCUT2D eigenvalue weighted by Crippen LogP contribution is 2.26. The van der Waals surface area contributed by atoms with E-state index in [-0.39, 0.29) is 12.6 Å². The quantitative estimate of drug-likeness (QED) is 0.716. The molecule has 1 aliphatic heterocycles. The minimum absolute atomic E-state index is 0.115. The molecular weight excluding hydrogens is 362 g/mol. The zero-order chi connectivity index (χ0) is 19.1. The lowest BCUT2D eigenvalue weighted by Gasteiger charge is -2.27. The Morgan fingerprint density at radius 3 is 2.59 bits per heavy atom. The van der Waals surface area contributed by atoms with Gasteiger partial charge in [-0.05, 0) is 54.4 Å². The van der Waals surface area contributed by atoms with Crippen molar-refractivity contribution in [2.45, 2.75) is 25.4 Å². The maximum absolute atomic E-state index is 12.2. The average molecular weight is 388 g/mol. The Morgan fingerprint density at radius 2 is 1.89 bits per heavy atom. The normalized spacial score (nSPS) is 15.3. The Hall–Kier alpha value is -2.38. The molecule has 1 aliphatic rings. The summed E-state index contributed by atoms with van der Waals surface area (Å²) in [6.45, 7) is 2.72. The zero-order valence-corrected chi connectivity index (χ0v) is 16.3. The highest BCUT2D eigenvalue weighted by Gasteiger charge is 2.25. The second-order valence-electron chi connectivity index (χ2n) is 6.52. The molecule has 0 bridgehead atoms. The molecule has 0 saturated carbocycles. The van der Waals surface area contributed by atoms with Crippen molar-refractivity contribution in [3.05, 3.63) is 52.2 Å². The van der Waals surface area contributed by atoms with E-state index in [4.69, 9.17) is 4.74 Å². The first-order valence-electron chi connectivity index (χ1n) is 9.13. The molecule has 3 rings (SSSR count). The van der Waals surface area contributed by atoms with Crippen LogP contribution in [0.5, 0.6) is 5.75 Å². The number of rotatable bonds is 7. The predicted molar refractivity (Wildman–Crippen MR) is 106 cm³/mol. The first-order chi connectivity index (χ1) is 13.2. The van der Waals surface area contributed by atoms with Crippen LogP contribution in [0.3, 0.4) is 0 Å². The first kappa shape index (κ1) is 19.4. The third-order valence-electron chi connectivity index (χ3n) is 4.80. The third-order valence-corrected chi connectivity index (χ3v) is 5.50. The number of para-hydroxylation sites is 1. The van der Waals surface area contributed by atoms with E-state index in [0.29, 0.717) is 12.3 Å². The topological polar surface area (TPSA) is 70.7 Å². The van der Waals surface area contributed by atoms with E-state index in [2.05, 4.69) is 27.0 Å². The van der Waals surface area contributed by atoms with Crippen LogP contribution in [0.15, 0.2) is 41.1 Å². The van der Waals surface area contributed by atoms with Crippen LogP contribution in [0.1, 0.15) is 30.0 Å². The number of thiophene rings is 1. The number of amides is 2. The van der Waals surface area contributed by atoms with E-state index >= 15 is 0 Å².